The van der Waals surface area contributed by atoms with E-state index in [-0.39, 0.29) is 5.43 Å². The van der Waals surface area contributed by atoms with Crippen molar-refractivity contribution in [1.29, 1.82) is 0 Å². The van der Waals surface area contributed by atoms with E-state index in [1.807, 2.05) is 43.3 Å². The highest BCUT2D eigenvalue weighted by Gasteiger charge is 2.19. The third kappa shape index (κ3) is 4.30. The highest BCUT2D eigenvalue weighted by atomic mass is 16.6. The van der Waals surface area contributed by atoms with Crippen LogP contribution in [-0.4, -0.2) is 19.2 Å². The molecular weight excluding hydrogens is 432 g/mol. The Morgan fingerprint density at radius 2 is 1.76 bits per heavy atom. The summed E-state index contributed by atoms with van der Waals surface area (Å²) in [6.45, 7) is 2.88. The van der Waals surface area contributed by atoms with Crippen molar-refractivity contribution in [2.45, 2.75) is 13.3 Å². The molecule has 170 valence electrons. The average Bonchev–Trinajstić information content (AvgIpc) is 2.87. The van der Waals surface area contributed by atoms with Gasteiger partial charge in [-0.1, -0.05) is 43.3 Å². The van der Waals surface area contributed by atoms with Crippen molar-refractivity contribution in [2.75, 3.05) is 13.2 Å². The van der Waals surface area contributed by atoms with E-state index >= 15 is 0 Å². The number of aryl methyl sites for hydroxylation is 1. The van der Waals surface area contributed by atoms with Crippen LogP contribution in [0.4, 0.5) is 0 Å². The molecule has 0 fully saturated rings. The van der Waals surface area contributed by atoms with Gasteiger partial charge in [0.05, 0.1) is 10.9 Å². The maximum atomic E-state index is 13.4. The topological polar surface area (TPSA) is 75.0 Å². The lowest BCUT2D eigenvalue weighted by Gasteiger charge is -2.19. The Morgan fingerprint density at radius 1 is 0.971 bits per heavy atom. The fourth-order valence-corrected chi connectivity index (χ4v) is 3.90. The molecule has 0 N–H and O–H groups in total. The second-order valence-corrected chi connectivity index (χ2v) is 7.76. The van der Waals surface area contributed by atoms with Crippen LogP contribution in [0.15, 0.2) is 82.0 Å². The lowest BCUT2D eigenvalue weighted by Crippen LogP contribution is -2.15. The third-order valence-electron chi connectivity index (χ3n) is 5.52. The van der Waals surface area contributed by atoms with Gasteiger partial charge in [-0.25, -0.2) is 4.79 Å². The summed E-state index contributed by atoms with van der Waals surface area (Å²) in [5.74, 6) is 1.59. The molecule has 34 heavy (non-hydrogen) atoms. The van der Waals surface area contributed by atoms with E-state index < -0.39 is 5.97 Å². The normalized spacial score (nSPS) is 12.7. The predicted molar refractivity (Wildman–Crippen MR) is 129 cm³/mol. The maximum Gasteiger partial charge on any atom is 0.336 e. The Kier molecular flexibility index (Phi) is 5.87. The molecule has 5 rings (SSSR count). The van der Waals surface area contributed by atoms with Crippen molar-refractivity contribution in [2.24, 2.45) is 0 Å². The van der Waals surface area contributed by atoms with Crippen LogP contribution in [-0.2, 0) is 11.2 Å². The van der Waals surface area contributed by atoms with Crippen LogP contribution in [0.1, 0.15) is 18.2 Å². The number of hydrogen-bond donors (Lipinski definition) is 0. The fraction of sp³-hybridized carbons (Fsp3) is 0.143. The van der Waals surface area contributed by atoms with Gasteiger partial charge >= 0.3 is 5.97 Å². The Balaban J connectivity index is 1.47. The minimum Gasteiger partial charge on any atom is -0.486 e. The highest BCUT2D eigenvalue weighted by Crippen LogP contribution is 2.35. The quantitative estimate of drug-likeness (QED) is 0.228. The zero-order chi connectivity index (χ0) is 23.5. The summed E-state index contributed by atoms with van der Waals surface area (Å²) in [4.78, 5) is 25.7. The van der Waals surface area contributed by atoms with Gasteiger partial charge in [-0.15, -0.1) is 0 Å². The van der Waals surface area contributed by atoms with Gasteiger partial charge in [-0.2, -0.15) is 0 Å². The van der Waals surface area contributed by atoms with Gasteiger partial charge in [-0.05, 0) is 41.5 Å². The molecule has 0 bridgehead atoms. The van der Waals surface area contributed by atoms with E-state index in [9.17, 15) is 9.59 Å². The number of ether oxygens (including phenoxy) is 3. The van der Waals surface area contributed by atoms with Gasteiger partial charge in [0, 0.05) is 18.6 Å². The van der Waals surface area contributed by atoms with Crippen molar-refractivity contribution in [3.05, 3.63) is 94.4 Å². The van der Waals surface area contributed by atoms with E-state index in [2.05, 4.69) is 0 Å². The van der Waals surface area contributed by atoms with Crippen LogP contribution in [0.25, 0.3) is 28.2 Å². The first-order valence-electron chi connectivity index (χ1n) is 11.1. The summed E-state index contributed by atoms with van der Waals surface area (Å²) in [5.41, 5.74) is 2.29. The first kappa shape index (κ1) is 21.5. The monoisotopic (exact) mass is 454 g/mol. The number of benzene rings is 3. The van der Waals surface area contributed by atoms with Crippen LogP contribution >= 0.6 is 0 Å². The lowest BCUT2D eigenvalue weighted by molar-refractivity contribution is -0.128. The summed E-state index contributed by atoms with van der Waals surface area (Å²) < 4.78 is 22.8. The van der Waals surface area contributed by atoms with Gasteiger partial charge in [-0.3, -0.25) is 4.79 Å². The number of rotatable bonds is 5. The summed E-state index contributed by atoms with van der Waals surface area (Å²) in [6, 6.07) is 19.7. The first-order chi connectivity index (χ1) is 16.6. The fourth-order valence-electron chi connectivity index (χ4n) is 3.90. The number of carbonyl (C=O) groups is 1. The molecule has 0 amide bonds. The smallest absolute Gasteiger partial charge is 0.336 e. The third-order valence-corrected chi connectivity index (χ3v) is 5.52. The van der Waals surface area contributed by atoms with Crippen LogP contribution in [0.5, 0.6) is 17.2 Å². The van der Waals surface area contributed by atoms with Gasteiger partial charge in [0.1, 0.15) is 30.3 Å². The maximum absolute atomic E-state index is 13.4. The molecule has 0 spiro atoms. The van der Waals surface area contributed by atoms with E-state index in [0.29, 0.717) is 64.7 Å². The molecule has 0 unspecified atom stereocenters. The Morgan fingerprint density at radius 3 is 2.56 bits per heavy atom. The number of esters is 1. The molecule has 0 radical (unpaired) electrons. The van der Waals surface area contributed by atoms with Crippen molar-refractivity contribution in [3.8, 4) is 28.4 Å². The number of fused-ring (bicyclic) bond motifs is 2. The summed E-state index contributed by atoms with van der Waals surface area (Å²) >= 11 is 0. The van der Waals surface area contributed by atoms with E-state index in [1.165, 1.54) is 6.08 Å². The van der Waals surface area contributed by atoms with E-state index in [0.717, 1.165) is 5.56 Å². The highest BCUT2D eigenvalue weighted by molar-refractivity contribution is 5.90. The number of hydrogen-bond acceptors (Lipinski definition) is 6. The number of carbonyl (C=O) groups excluding carboxylic acids is 1. The SMILES string of the molecule is CCc1oc2cc(OC(=O)C=Cc3ccccc3)ccc2c(=O)c1-c1ccc2c(c1)OCCO2. The summed E-state index contributed by atoms with van der Waals surface area (Å²) in [6.07, 6.45) is 3.55. The molecule has 1 aliphatic rings. The van der Waals surface area contributed by atoms with Crippen LogP contribution in [0, 0.1) is 0 Å². The van der Waals surface area contributed by atoms with Gasteiger partial charge in [0.2, 0.25) is 5.43 Å². The van der Waals surface area contributed by atoms with E-state index in [4.69, 9.17) is 18.6 Å². The summed E-state index contributed by atoms with van der Waals surface area (Å²) in [5, 5.41) is 0.404. The second-order valence-electron chi connectivity index (χ2n) is 7.76. The molecular formula is C28H22O6. The molecule has 2 heterocycles. The summed E-state index contributed by atoms with van der Waals surface area (Å²) in [7, 11) is 0. The van der Waals surface area contributed by atoms with Gasteiger partial charge in [0.15, 0.2) is 11.5 Å². The largest absolute Gasteiger partial charge is 0.486 e. The second kappa shape index (κ2) is 9.27. The Bertz CT molecular complexity index is 1450. The van der Waals surface area contributed by atoms with Crippen LogP contribution < -0.4 is 19.6 Å². The minimum atomic E-state index is -0.519. The molecule has 0 atom stereocenters. The molecule has 6 heteroatoms. The average molecular weight is 454 g/mol. The predicted octanol–water partition coefficient (Wildman–Crippen LogP) is 5.41. The zero-order valence-electron chi connectivity index (χ0n) is 18.6. The molecule has 4 aromatic rings. The van der Waals surface area contributed by atoms with Crippen molar-refractivity contribution >= 4 is 23.0 Å². The van der Waals surface area contributed by atoms with Gasteiger partial charge in [0.25, 0.3) is 0 Å². The Hall–Kier alpha value is -4.32. The molecule has 0 saturated heterocycles. The van der Waals surface area contributed by atoms with Crippen molar-refractivity contribution in [1.82, 2.24) is 0 Å². The molecule has 1 aromatic heterocycles. The molecule has 1 aliphatic heterocycles. The van der Waals surface area contributed by atoms with E-state index in [1.54, 1.807) is 36.4 Å². The van der Waals surface area contributed by atoms with Crippen LogP contribution in [0.2, 0.25) is 0 Å². The van der Waals surface area contributed by atoms with Crippen molar-refractivity contribution < 1.29 is 23.4 Å². The van der Waals surface area contributed by atoms with Crippen molar-refractivity contribution in [3.63, 3.8) is 0 Å². The van der Waals surface area contributed by atoms with Crippen LogP contribution in [0.3, 0.4) is 0 Å². The minimum absolute atomic E-state index is 0.156. The molecule has 0 aliphatic carbocycles. The standard InChI is InChI=1S/C28H22O6/c1-2-22-27(19-9-12-23-25(16-19)32-15-14-31-23)28(30)21-11-10-20(17-24(21)34-22)33-26(29)13-8-18-6-4-3-5-7-18/h3-13,16-17H,2,14-15H2,1H3. The Labute approximate surface area is 196 Å². The van der Waals surface area contributed by atoms with Gasteiger partial charge < -0.3 is 18.6 Å². The molecule has 3 aromatic carbocycles. The zero-order valence-corrected chi connectivity index (χ0v) is 18.6. The molecule has 0 saturated carbocycles. The molecule has 6 nitrogen and oxygen atoms in total. The first-order valence-corrected chi connectivity index (χ1v) is 11.1. The lowest BCUT2D eigenvalue weighted by atomic mass is 10.0.